The summed E-state index contributed by atoms with van der Waals surface area (Å²) >= 11 is 0. The molecular formula is C18H11F3N4O. The van der Waals surface area contributed by atoms with Crippen molar-refractivity contribution in [1.29, 1.82) is 0 Å². The van der Waals surface area contributed by atoms with Gasteiger partial charge in [0.15, 0.2) is 5.65 Å². The maximum atomic E-state index is 12.6. The predicted molar refractivity (Wildman–Crippen MR) is 88.2 cm³/mol. The van der Waals surface area contributed by atoms with Gasteiger partial charge in [0.2, 0.25) is 5.88 Å². The van der Waals surface area contributed by atoms with Crippen LogP contribution in [0.25, 0.3) is 16.7 Å². The van der Waals surface area contributed by atoms with Crippen LogP contribution in [0, 0.1) is 0 Å². The van der Waals surface area contributed by atoms with Crippen LogP contribution in [0.15, 0.2) is 67.1 Å². The average molecular weight is 356 g/mol. The molecule has 0 radical (unpaired) electrons. The Bertz CT molecular complexity index is 1040. The van der Waals surface area contributed by atoms with Gasteiger partial charge in [0.25, 0.3) is 0 Å². The Balaban J connectivity index is 1.69. The number of halogens is 3. The summed E-state index contributed by atoms with van der Waals surface area (Å²) in [6, 6.07) is 13.8. The molecule has 0 amide bonds. The summed E-state index contributed by atoms with van der Waals surface area (Å²) in [5, 5.41) is 4.85. The minimum Gasteiger partial charge on any atom is -0.438 e. The van der Waals surface area contributed by atoms with Crippen molar-refractivity contribution in [2.75, 3.05) is 0 Å². The zero-order valence-electron chi connectivity index (χ0n) is 13.2. The topological polar surface area (TPSA) is 52.8 Å². The first-order chi connectivity index (χ1) is 12.5. The van der Waals surface area contributed by atoms with Crippen molar-refractivity contribution < 1.29 is 17.9 Å². The van der Waals surface area contributed by atoms with Crippen molar-refractivity contribution in [2.45, 2.75) is 6.18 Å². The molecule has 2 aromatic heterocycles. The number of alkyl halides is 3. The van der Waals surface area contributed by atoms with Crippen molar-refractivity contribution in [3.05, 3.63) is 72.7 Å². The van der Waals surface area contributed by atoms with E-state index in [9.17, 15) is 13.2 Å². The zero-order chi connectivity index (χ0) is 18.1. The van der Waals surface area contributed by atoms with E-state index in [2.05, 4.69) is 15.1 Å². The third-order valence-corrected chi connectivity index (χ3v) is 3.73. The minimum atomic E-state index is -4.39. The van der Waals surface area contributed by atoms with Gasteiger partial charge in [-0.1, -0.05) is 18.2 Å². The first-order valence-electron chi connectivity index (χ1n) is 7.61. The van der Waals surface area contributed by atoms with Crippen LogP contribution < -0.4 is 4.74 Å². The molecule has 0 aliphatic carbocycles. The van der Waals surface area contributed by atoms with E-state index >= 15 is 0 Å². The zero-order valence-corrected chi connectivity index (χ0v) is 13.2. The van der Waals surface area contributed by atoms with E-state index in [1.807, 2.05) is 30.3 Å². The first kappa shape index (κ1) is 16.1. The van der Waals surface area contributed by atoms with E-state index in [4.69, 9.17) is 4.74 Å². The predicted octanol–water partition coefficient (Wildman–Crippen LogP) is 4.63. The van der Waals surface area contributed by atoms with Gasteiger partial charge < -0.3 is 4.74 Å². The van der Waals surface area contributed by atoms with Gasteiger partial charge in [-0.2, -0.15) is 18.3 Å². The molecular weight excluding hydrogens is 345 g/mol. The second-order valence-corrected chi connectivity index (χ2v) is 5.43. The third-order valence-electron chi connectivity index (χ3n) is 3.73. The molecule has 0 saturated carbocycles. The summed E-state index contributed by atoms with van der Waals surface area (Å²) in [4.78, 5) is 8.30. The maximum absolute atomic E-state index is 12.6. The molecule has 2 aromatic carbocycles. The highest BCUT2D eigenvalue weighted by atomic mass is 19.4. The molecule has 0 aliphatic heterocycles. The number of hydrogen-bond acceptors (Lipinski definition) is 4. The SMILES string of the molecule is FC(F)(F)c1ccc(Oc2ncnc3c2cnn3-c2ccccc2)cc1. The number of para-hydroxylation sites is 1. The fraction of sp³-hybridized carbons (Fsp3) is 0.0556. The average Bonchev–Trinajstić information content (AvgIpc) is 3.07. The monoisotopic (exact) mass is 356 g/mol. The molecule has 0 saturated heterocycles. The number of ether oxygens (including phenoxy) is 1. The van der Waals surface area contributed by atoms with E-state index in [1.54, 1.807) is 10.9 Å². The van der Waals surface area contributed by atoms with Crippen LogP contribution in [0.3, 0.4) is 0 Å². The van der Waals surface area contributed by atoms with Gasteiger partial charge in [0.05, 0.1) is 17.4 Å². The smallest absolute Gasteiger partial charge is 0.416 e. The Hall–Kier alpha value is -3.42. The van der Waals surface area contributed by atoms with Gasteiger partial charge in [0, 0.05) is 0 Å². The van der Waals surface area contributed by atoms with E-state index in [0.29, 0.717) is 11.0 Å². The fourth-order valence-electron chi connectivity index (χ4n) is 2.49. The Labute approximate surface area is 145 Å². The lowest BCUT2D eigenvalue weighted by Crippen LogP contribution is -2.04. The molecule has 0 fully saturated rings. The van der Waals surface area contributed by atoms with E-state index in [1.165, 1.54) is 18.5 Å². The van der Waals surface area contributed by atoms with Crippen molar-refractivity contribution in [2.24, 2.45) is 0 Å². The quantitative estimate of drug-likeness (QED) is 0.537. The minimum absolute atomic E-state index is 0.219. The second kappa shape index (κ2) is 6.14. The van der Waals surface area contributed by atoms with Crippen LogP contribution in [0.5, 0.6) is 11.6 Å². The lowest BCUT2D eigenvalue weighted by molar-refractivity contribution is -0.137. The second-order valence-electron chi connectivity index (χ2n) is 5.43. The van der Waals surface area contributed by atoms with Gasteiger partial charge >= 0.3 is 6.18 Å². The lowest BCUT2D eigenvalue weighted by Gasteiger charge is -2.09. The van der Waals surface area contributed by atoms with Gasteiger partial charge in [-0.15, -0.1) is 0 Å². The molecule has 8 heteroatoms. The van der Waals surface area contributed by atoms with Crippen LogP contribution in [-0.2, 0) is 6.18 Å². The van der Waals surface area contributed by atoms with Gasteiger partial charge in [0.1, 0.15) is 17.5 Å². The molecule has 0 bridgehead atoms. The molecule has 0 atom stereocenters. The largest absolute Gasteiger partial charge is 0.438 e. The molecule has 4 rings (SSSR count). The summed E-state index contributed by atoms with van der Waals surface area (Å²) in [6.45, 7) is 0. The standard InChI is InChI=1S/C18H11F3N4O/c19-18(20,21)12-6-8-14(9-7-12)26-17-15-10-24-25(16(15)22-11-23-17)13-4-2-1-3-5-13/h1-11H. The summed E-state index contributed by atoms with van der Waals surface area (Å²) in [6.07, 6.45) is -1.51. The number of fused-ring (bicyclic) bond motifs is 1. The Kier molecular flexibility index (Phi) is 3.80. The highest BCUT2D eigenvalue weighted by molar-refractivity contribution is 5.81. The fourth-order valence-corrected chi connectivity index (χ4v) is 2.49. The molecule has 0 aliphatic rings. The summed E-state index contributed by atoms with van der Waals surface area (Å²) < 4.78 is 45.2. The van der Waals surface area contributed by atoms with Crippen molar-refractivity contribution >= 4 is 11.0 Å². The Morgan fingerprint density at radius 3 is 2.31 bits per heavy atom. The number of rotatable bonds is 3. The maximum Gasteiger partial charge on any atom is 0.416 e. The molecule has 0 N–H and O–H groups in total. The molecule has 0 unspecified atom stereocenters. The number of benzene rings is 2. The van der Waals surface area contributed by atoms with E-state index in [-0.39, 0.29) is 11.6 Å². The highest BCUT2D eigenvalue weighted by Gasteiger charge is 2.30. The van der Waals surface area contributed by atoms with Crippen LogP contribution in [0.4, 0.5) is 13.2 Å². The molecule has 5 nitrogen and oxygen atoms in total. The molecule has 130 valence electrons. The Morgan fingerprint density at radius 2 is 1.62 bits per heavy atom. The van der Waals surface area contributed by atoms with E-state index in [0.717, 1.165) is 17.8 Å². The van der Waals surface area contributed by atoms with Crippen molar-refractivity contribution in [3.8, 4) is 17.3 Å². The van der Waals surface area contributed by atoms with Crippen molar-refractivity contribution in [3.63, 3.8) is 0 Å². The van der Waals surface area contributed by atoms with Crippen LogP contribution in [0.2, 0.25) is 0 Å². The Morgan fingerprint density at radius 1 is 0.885 bits per heavy atom. The van der Waals surface area contributed by atoms with Gasteiger partial charge in [-0.25, -0.2) is 14.6 Å². The van der Waals surface area contributed by atoms with Gasteiger partial charge in [-0.05, 0) is 36.4 Å². The number of hydrogen-bond donors (Lipinski definition) is 0. The molecule has 4 aromatic rings. The molecule has 26 heavy (non-hydrogen) atoms. The molecule has 0 spiro atoms. The van der Waals surface area contributed by atoms with Crippen LogP contribution >= 0.6 is 0 Å². The number of nitrogens with zero attached hydrogens (tertiary/aromatic N) is 4. The van der Waals surface area contributed by atoms with Crippen LogP contribution in [0.1, 0.15) is 5.56 Å². The molecule has 2 heterocycles. The van der Waals surface area contributed by atoms with Crippen LogP contribution in [-0.4, -0.2) is 19.7 Å². The summed E-state index contributed by atoms with van der Waals surface area (Å²) in [7, 11) is 0. The van der Waals surface area contributed by atoms with Crippen molar-refractivity contribution in [1.82, 2.24) is 19.7 Å². The summed E-state index contributed by atoms with van der Waals surface area (Å²) in [5.41, 5.74) is 0.615. The van der Waals surface area contributed by atoms with E-state index < -0.39 is 11.7 Å². The normalized spacial score (nSPS) is 11.7. The highest BCUT2D eigenvalue weighted by Crippen LogP contribution is 2.32. The summed E-state index contributed by atoms with van der Waals surface area (Å²) in [5.74, 6) is 0.461. The van der Waals surface area contributed by atoms with Gasteiger partial charge in [-0.3, -0.25) is 0 Å². The first-order valence-corrected chi connectivity index (χ1v) is 7.61. The lowest BCUT2D eigenvalue weighted by atomic mass is 10.2. The number of aromatic nitrogens is 4. The third kappa shape index (κ3) is 2.97.